The number of nitrogens with one attached hydrogen (secondary N) is 1. The van der Waals surface area contributed by atoms with Crippen LogP contribution in [-0.2, 0) is 4.79 Å². The Balaban J connectivity index is 2.13. The largest absolute Gasteiger partial charge is 0.353 e. The topological polar surface area (TPSA) is 71.2 Å². The zero-order valence-electron chi connectivity index (χ0n) is 11.8. The number of hydrogen-bond donors (Lipinski definition) is 2. The summed E-state index contributed by atoms with van der Waals surface area (Å²) in [4.78, 5) is 18.0. The number of nitrogens with zero attached hydrogens (tertiary/aromatic N) is 2. The lowest BCUT2D eigenvalue weighted by molar-refractivity contribution is -0.120. The molecule has 1 aromatic carbocycles. The lowest BCUT2D eigenvalue weighted by atomic mass is 10.1. The molecule has 3 rings (SSSR count). The van der Waals surface area contributed by atoms with Crippen molar-refractivity contribution in [3.63, 3.8) is 0 Å². The van der Waals surface area contributed by atoms with Crippen molar-refractivity contribution >= 4 is 22.6 Å². The molecule has 1 amide bonds. The second-order valence-corrected chi connectivity index (χ2v) is 5.30. The van der Waals surface area contributed by atoms with E-state index in [1.165, 1.54) is 12.1 Å². The van der Waals surface area contributed by atoms with Crippen molar-refractivity contribution in [2.45, 2.75) is 13.0 Å². The third-order valence-electron chi connectivity index (χ3n) is 3.62. The molecular weight excluding hydrogens is 271 g/mol. The van der Waals surface area contributed by atoms with Crippen molar-refractivity contribution in [1.29, 1.82) is 0 Å². The molecule has 0 bridgehead atoms. The molecule has 0 radical (unpaired) electrons. The van der Waals surface area contributed by atoms with E-state index < -0.39 is 0 Å². The smallest absolute Gasteiger partial charge is 0.239 e. The lowest BCUT2D eigenvalue weighted by Crippen LogP contribution is -2.48. The van der Waals surface area contributed by atoms with Crippen LogP contribution in [0.2, 0.25) is 0 Å². The van der Waals surface area contributed by atoms with Gasteiger partial charge in [0.1, 0.15) is 11.6 Å². The Kier molecular flexibility index (Phi) is 3.47. The second kappa shape index (κ2) is 5.29. The Morgan fingerprint density at radius 1 is 1.43 bits per heavy atom. The van der Waals surface area contributed by atoms with Crippen molar-refractivity contribution in [3.8, 4) is 0 Å². The van der Waals surface area contributed by atoms with Crippen LogP contribution in [0.15, 0.2) is 24.3 Å². The molecule has 1 aliphatic rings. The van der Waals surface area contributed by atoms with E-state index in [0.717, 1.165) is 10.9 Å². The number of halogens is 1. The van der Waals surface area contributed by atoms with Crippen LogP contribution in [0, 0.1) is 5.82 Å². The monoisotopic (exact) mass is 288 g/mol. The molecule has 1 fully saturated rings. The molecule has 110 valence electrons. The molecule has 1 aromatic heterocycles. The summed E-state index contributed by atoms with van der Waals surface area (Å²) in [6.07, 6.45) is 0. The van der Waals surface area contributed by atoms with E-state index in [4.69, 9.17) is 5.73 Å². The van der Waals surface area contributed by atoms with Gasteiger partial charge in [0.25, 0.3) is 0 Å². The quantitative estimate of drug-likeness (QED) is 0.874. The van der Waals surface area contributed by atoms with Gasteiger partial charge in [-0.2, -0.15) is 0 Å². The Morgan fingerprint density at radius 3 is 2.95 bits per heavy atom. The number of nitrogens with two attached hydrogens (primary N) is 1. The van der Waals surface area contributed by atoms with Crippen molar-refractivity contribution in [2.75, 3.05) is 24.5 Å². The molecule has 1 aliphatic heterocycles. The van der Waals surface area contributed by atoms with Gasteiger partial charge >= 0.3 is 0 Å². The van der Waals surface area contributed by atoms with Crippen molar-refractivity contribution in [1.82, 2.24) is 10.3 Å². The number of fused-ring (bicyclic) bond motifs is 1. The minimum Gasteiger partial charge on any atom is -0.353 e. The van der Waals surface area contributed by atoms with E-state index >= 15 is 0 Å². The molecule has 2 aromatic rings. The van der Waals surface area contributed by atoms with Crippen LogP contribution in [0.4, 0.5) is 10.2 Å². The highest BCUT2D eigenvalue weighted by molar-refractivity contribution is 5.85. The molecule has 1 atom stereocenters. The van der Waals surface area contributed by atoms with E-state index in [2.05, 4.69) is 10.3 Å². The fraction of sp³-hybridized carbons (Fsp3) is 0.333. The molecule has 1 saturated heterocycles. The van der Waals surface area contributed by atoms with E-state index in [1.54, 1.807) is 6.07 Å². The van der Waals surface area contributed by atoms with Crippen LogP contribution < -0.4 is 16.0 Å². The van der Waals surface area contributed by atoms with Crippen LogP contribution in [0.3, 0.4) is 0 Å². The molecule has 3 N–H and O–H groups in total. The van der Waals surface area contributed by atoms with Crippen LogP contribution in [-0.4, -0.2) is 30.5 Å². The summed E-state index contributed by atoms with van der Waals surface area (Å²) in [5, 5.41) is 3.62. The summed E-state index contributed by atoms with van der Waals surface area (Å²) in [7, 11) is 0. The molecule has 0 spiro atoms. The van der Waals surface area contributed by atoms with Gasteiger partial charge in [0, 0.05) is 36.1 Å². The Hall–Kier alpha value is -2.21. The van der Waals surface area contributed by atoms with Gasteiger partial charge in [-0.15, -0.1) is 0 Å². The highest BCUT2D eigenvalue weighted by Gasteiger charge is 2.22. The number of anilines is 1. The highest BCUT2D eigenvalue weighted by Crippen LogP contribution is 2.28. The maximum atomic E-state index is 13.4. The minimum atomic E-state index is -0.328. The number of aromatic nitrogens is 1. The van der Waals surface area contributed by atoms with Gasteiger partial charge in [0.15, 0.2) is 0 Å². The minimum absolute atomic E-state index is 0.0435. The number of rotatable bonds is 2. The predicted molar refractivity (Wildman–Crippen MR) is 79.5 cm³/mol. The standard InChI is InChI=1S/C15H17FN4O/c1-9(17)12-6-10-2-3-11(16)7-13(10)19-15(12)20-5-4-18-14(21)8-20/h2-3,6-7,9H,4-5,8,17H2,1H3,(H,18,21). The van der Waals surface area contributed by atoms with Gasteiger partial charge in [-0.05, 0) is 25.1 Å². The lowest BCUT2D eigenvalue weighted by Gasteiger charge is -2.30. The van der Waals surface area contributed by atoms with E-state index in [0.29, 0.717) is 24.4 Å². The number of piperazine rings is 1. The first kappa shape index (κ1) is 13.8. The predicted octanol–water partition coefficient (Wildman–Crippen LogP) is 1.33. The first-order chi connectivity index (χ1) is 10.0. The first-order valence-electron chi connectivity index (χ1n) is 6.92. The number of carbonyl (C=O) groups is 1. The summed E-state index contributed by atoms with van der Waals surface area (Å²) < 4.78 is 13.4. The third-order valence-corrected chi connectivity index (χ3v) is 3.62. The molecule has 2 heterocycles. The van der Waals surface area contributed by atoms with Gasteiger partial charge in [-0.3, -0.25) is 4.79 Å². The summed E-state index contributed by atoms with van der Waals surface area (Å²) in [6.45, 7) is 3.35. The number of amides is 1. The van der Waals surface area contributed by atoms with E-state index in [-0.39, 0.29) is 24.3 Å². The van der Waals surface area contributed by atoms with Crippen molar-refractivity contribution < 1.29 is 9.18 Å². The normalized spacial score (nSPS) is 16.9. The average molecular weight is 288 g/mol. The fourth-order valence-electron chi connectivity index (χ4n) is 2.55. The SMILES string of the molecule is CC(N)c1cc2ccc(F)cc2nc1N1CCNC(=O)C1. The number of hydrogen-bond acceptors (Lipinski definition) is 4. The Morgan fingerprint density at radius 2 is 2.24 bits per heavy atom. The van der Waals surface area contributed by atoms with E-state index in [9.17, 15) is 9.18 Å². The van der Waals surface area contributed by atoms with Gasteiger partial charge < -0.3 is 16.0 Å². The van der Waals surface area contributed by atoms with Gasteiger partial charge in [0.2, 0.25) is 5.91 Å². The summed E-state index contributed by atoms with van der Waals surface area (Å²) in [5.74, 6) is 0.293. The molecule has 1 unspecified atom stereocenters. The highest BCUT2D eigenvalue weighted by atomic mass is 19.1. The maximum absolute atomic E-state index is 13.4. The average Bonchev–Trinajstić information content (AvgIpc) is 2.45. The van der Waals surface area contributed by atoms with E-state index in [1.807, 2.05) is 17.9 Å². The maximum Gasteiger partial charge on any atom is 0.239 e. The van der Waals surface area contributed by atoms with Crippen molar-refractivity contribution in [2.24, 2.45) is 5.73 Å². The number of carbonyl (C=O) groups excluding carboxylic acids is 1. The molecule has 0 aliphatic carbocycles. The molecule has 5 nitrogen and oxygen atoms in total. The van der Waals surface area contributed by atoms with Crippen LogP contribution in [0.25, 0.3) is 10.9 Å². The van der Waals surface area contributed by atoms with Gasteiger partial charge in [-0.25, -0.2) is 9.37 Å². The molecular formula is C15H17FN4O. The number of benzene rings is 1. The van der Waals surface area contributed by atoms with Crippen LogP contribution >= 0.6 is 0 Å². The second-order valence-electron chi connectivity index (χ2n) is 5.30. The van der Waals surface area contributed by atoms with Gasteiger partial charge in [0.05, 0.1) is 12.1 Å². The fourth-order valence-corrected chi connectivity index (χ4v) is 2.55. The molecule has 21 heavy (non-hydrogen) atoms. The first-order valence-corrected chi connectivity index (χ1v) is 6.92. The zero-order valence-corrected chi connectivity index (χ0v) is 11.8. The third kappa shape index (κ3) is 2.67. The van der Waals surface area contributed by atoms with Crippen molar-refractivity contribution in [3.05, 3.63) is 35.6 Å². The zero-order chi connectivity index (χ0) is 15.0. The summed E-state index contributed by atoms with van der Waals surface area (Å²) in [5.41, 5.74) is 7.47. The number of pyridine rings is 1. The summed E-state index contributed by atoms with van der Waals surface area (Å²) in [6, 6.07) is 6.20. The van der Waals surface area contributed by atoms with Crippen LogP contribution in [0.5, 0.6) is 0 Å². The molecule has 6 heteroatoms. The van der Waals surface area contributed by atoms with Crippen LogP contribution in [0.1, 0.15) is 18.5 Å². The Bertz CT molecular complexity index is 701. The summed E-state index contributed by atoms with van der Waals surface area (Å²) >= 11 is 0. The van der Waals surface area contributed by atoms with Gasteiger partial charge in [-0.1, -0.05) is 0 Å². The molecule has 0 saturated carbocycles. The Labute approximate surface area is 121 Å².